The number of anilines is 3. The van der Waals surface area contributed by atoms with Crippen LogP contribution in [0.2, 0.25) is 0 Å². The standard InChI is InChI=1S/C13H21N3/c1-13(2)5-7-16(8-6-13)10-3-4-11(14)12(15)9-10/h3-4,9H,5-8,14-15H2,1-2H3. The number of nitrogens with zero attached hydrogens (tertiary/aromatic N) is 1. The normalized spacial score (nSPS) is 19.8. The highest BCUT2D eigenvalue weighted by molar-refractivity contribution is 5.69. The molecule has 0 aromatic heterocycles. The lowest BCUT2D eigenvalue weighted by Gasteiger charge is -2.38. The van der Waals surface area contributed by atoms with E-state index in [1.165, 1.54) is 18.5 Å². The van der Waals surface area contributed by atoms with E-state index in [2.05, 4.69) is 24.8 Å². The van der Waals surface area contributed by atoms with Crippen LogP contribution in [0.4, 0.5) is 17.1 Å². The largest absolute Gasteiger partial charge is 0.397 e. The molecule has 0 radical (unpaired) electrons. The van der Waals surface area contributed by atoms with Crippen LogP contribution in [0.3, 0.4) is 0 Å². The molecular formula is C13H21N3. The highest BCUT2D eigenvalue weighted by Crippen LogP contribution is 2.33. The van der Waals surface area contributed by atoms with Gasteiger partial charge in [-0.25, -0.2) is 0 Å². The maximum Gasteiger partial charge on any atom is 0.0568 e. The van der Waals surface area contributed by atoms with Crippen molar-refractivity contribution in [3.8, 4) is 0 Å². The third kappa shape index (κ3) is 2.23. The van der Waals surface area contributed by atoms with Gasteiger partial charge in [0.2, 0.25) is 0 Å². The topological polar surface area (TPSA) is 55.3 Å². The highest BCUT2D eigenvalue weighted by Gasteiger charge is 2.25. The number of hydrogen-bond donors (Lipinski definition) is 2. The molecule has 0 aliphatic carbocycles. The van der Waals surface area contributed by atoms with Gasteiger partial charge in [-0.15, -0.1) is 0 Å². The van der Waals surface area contributed by atoms with Crippen LogP contribution in [0.5, 0.6) is 0 Å². The Morgan fingerprint density at radius 1 is 1.06 bits per heavy atom. The summed E-state index contributed by atoms with van der Waals surface area (Å²) in [5.74, 6) is 0. The summed E-state index contributed by atoms with van der Waals surface area (Å²) in [5.41, 5.74) is 14.6. The number of rotatable bonds is 1. The summed E-state index contributed by atoms with van der Waals surface area (Å²) < 4.78 is 0. The second kappa shape index (κ2) is 3.89. The van der Waals surface area contributed by atoms with E-state index in [0.29, 0.717) is 16.8 Å². The van der Waals surface area contributed by atoms with Crippen molar-refractivity contribution in [2.24, 2.45) is 5.41 Å². The molecule has 0 unspecified atom stereocenters. The summed E-state index contributed by atoms with van der Waals surface area (Å²) >= 11 is 0. The monoisotopic (exact) mass is 219 g/mol. The molecule has 0 atom stereocenters. The van der Waals surface area contributed by atoms with Crippen LogP contribution < -0.4 is 16.4 Å². The number of benzene rings is 1. The Labute approximate surface area is 97.4 Å². The zero-order valence-corrected chi connectivity index (χ0v) is 10.2. The van der Waals surface area contributed by atoms with Crippen LogP contribution in [-0.4, -0.2) is 13.1 Å². The minimum atomic E-state index is 0.482. The fourth-order valence-corrected chi connectivity index (χ4v) is 2.13. The molecule has 1 heterocycles. The van der Waals surface area contributed by atoms with E-state index in [4.69, 9.17) is 11.5 Å². The lowest BCUT2D eigenvalue weighted by molar-refractivity contribution is 0.280. The molecule has 1 saturated heterocycles. The van der Waals surface area contributed by atoms with Crippen molar-refractivity contribution in [3.05, 3.63) is 18.2 Å². The smallest absolute Gasteiger partial charge is 0.0568 e. The van der Waals surface area contributed by atoms with Gasteiger partial charge in [-0.05, 0) is 36.5 Å². The molecule has 3 heteroatoms. The van der Waals surface area contributed by atoms with Crippen LogP contribution in [0.15, 0.2) is 18.2 Å². The lowest BCUT2D eigenvalue weighted by atomic mass is 9.82. The maximum absolute atomic E-state index is 5.83. The van der Waals surface area contributed by atoms with Gasteiger partial charge in [-0.2, -0.15) is 0 Å². The molecule has 2 rings (SSSR count). The molecule has 4 N–H and O–H groups in total. The van der Waals surface area contributed by atoms with Crippen molar-refractivity contribution < 1.29 is 0 Å². The molecule has 1 aromatic rings. The molecule has 0 bridgehead atoms. The van der Waals surface area contributed by atoms with Gasteiger partial charge in [0.15, 0.2) is 0 Å². The first-order valence-electron chi connectivity index (χ1n) is 5.88. The Kier molecular flexibility index (Phi) is 2.70. The van der Waals surface area contributed by atoms with Crippen molar-refractivity contribution in [2.75, 3.05) is 29.5 Å². The SMILES string of the molecule is CC1(C)CCN(c2ccc(N)c(N)c2)CC1. The first-order valence-corrected chi connectivity index (χ1v) is 5.88. The van der Waals surface area contributed by atoms with Crippen LogP contribution in [-0.2, 0) is 0 Å². The summed E-state index contributed by atoms with van der Waals surface area (Å²) in [5, 5.41) is 0. The maximum atomic E-state index is 5.83. The molecule has 1 aromatic carbocycles. The average molecular weight is 219 g/mol. The number of nitrogens with two attached hydrogens (primary N) is 2. The molecule has 3 nitrogen and oxygen atoms in total. The lowest BCUT2D eigenvalue weighted by Crippen LogP contribution is -2.37. The predicted molar refractivity (Wildman–Crippen MR) is 70.5 cm³/mol. The summed E-state index contributed by atoms with van der Waals surface area (Å²) in [6, 6.07) is 5.93. The fourth-order valence-electron chi connectivity index (χ4n) is 2.13. The van der Waals surface area contributed by atoms with Gasteiger partial charge >= 0.3 is 0 Å². The van der Waals surface area contributed by atoms with Gasteiger partial charge < -0.3 is 16.4 Å². The van der Waals surface area contributed by atoms with Gasteiger partial charge in [0, 0.05) is 18.8 Å². The Morgan fingerprint density at radius 3 is 2.25 bits per heavy atom. The Morgan fingerprint density at radius 2 is 1.69 bits per heavy atom. The second-order valence-electron chi connectivity index (χ2n) is 5.46. The van der Waals surface area contributed by atoms with E-state index in [0.717, 1.165) is 13.1 Å². The van der Waals surface area contributed by atoms with E-state index < -0.39 is 0 Å². The van der Waals surface area contributed by atoms with E-state index in [1.54, 1.807) is 0 Å². The van der Waals surface area contributed by atoms with E-state index in [1.807, 2.05) is 12.1 Å². The molecule has 16 heavy (non-hydrogen) atoms. The third-order valence-corrected chi connectivity index (χ3v) is 3.55. The van der Waals surface area contributed by atoms with Crippen molar-refractivity contribution in [2.45, 2.75) is 26.7 Å². The number of hydrogen-bond acceptors (Lipinski definition) is 3. The Balaban J connectivity index is 2.11. The zero-order chi connectivity index (χ0) is 11.8. The first kappa shape index (κ1) is 11.1. The van der Waals surface area contributed by atoms with Crippen LogP contribution in [0.1, 0.15) is 26.7 Å². The molecule has 0 saturated carbocycles. The average Bonchev–Trinajstić information content (AvgIpc) is 2.22. The third-order valence-electron chi connectivity index (χ3n) is 3.55. The Bertz CT molecular complexity index is 375. The van der Waals surface area contributed by atoms with Gasteiger partial charge in [-0.1, -0.05) is 13.8 Å². The quantitative estimate of drug-likeness (QED) is 0.713. The Hall–Kier alpha value is -1.38. The minimum Gasteiger partial charge on any atom is -0.397 e. The summed E-state index contributed by atoms with van der Waals surface area (Å²) in [6.07, 6.45) is 2.47. The van der Waals surface area contributed by atoms with E-state index in [9.17, 15) is 0 Å². The van der Waals surface area contributed by atoms with Crippen molar-refractivity contribution in [3.63, 3.8) is 0 Å². The molecule has 1 aliphatic heterocycles. The highest BCUT2D eigenvalue weighted by atomic mass is 15.1. The molecule has 88 valence electrons. The first-order chi connectivity index (χ1) is 7.48. The van der Waals surface area contributed by atoms with Gasteiger partial charge in [0.1, 0.15) is 0 Å². The molecule has 1 aliphatic rings. The molecular weight excluding hydrogens is 198 g/mol. The fraction of sp³-hybridized carbons (Fsp3) is 0.538. The van der Waals surface area contributed by atoms with Gasteiger partial charge in [0.05, 0.1) is 11.4 Å². The van der Waals surface area contributed by atoms with Crippen molar-refractivity contribution in [1.29, 1.82) is 0 Å². The van der Waals surface area contributed by atoms with E-state index >= 15 is 0 Å². The molecule has 0 amide bonds. The van der Waals surface area contributed by atoms with Crippen LogP contribution in [0, 0.1) is 5.41 Å². The molecule has 1 fully saturated rings. The minimum absolute atomic E-state index is 0.482. The van der Waals surface area contributed by atoms with Gasteiger partial charge in [-0.3, -0.25) is 0 Å². The van der Waals surface area contributed by atoms with Crippen LogP contribution in [0.25, 0.3) is 0 Å². The zero-order valence-electron chi connectivity index (χ0n) is 10.2. The summed E-state index contributed by atoms with van der Waals surface area (Å²) in [4.78, 5) is 2.39. The van der Waals surface area contributed by atoms with Crippen LogP contribution >= 0.6 is 0 Å². The van der Waals surface area contributed by atoms with E-state index in [-0.39, 0.29) is 0 Å². The number of nitrogen functional groups attached to an aromatic ring is 2. The van der Waals surface area contributed by atoms with Gasteiger partial charge in [0.25, 0.3) is 0 Å². The summed E-state index contributed by atoms with van der Waals surface area (Å²) in [6.45, 7) is 6.89. The second-order valence-corrected chi connectivity index (χ2v) is 5.46. The molecule has 0 spiro atoms. The van der Waals surface area contributed by atoms with Crippen molar-refractivity contribution in [1.82, 2.24) is 0 Å². The summed E-state index contributed by atoms with van der Waals surface area (Å²) in [7, 11) is 0. The number of piperidine rings is 1. The predicted octanol–water partition coefficient (Wildman–Crippen LogP) is 2.48. The van der Waals surface area contributed by atoms with Crippen molar-refractivity contribution >= 4 is 17.1 Å².